The molecule has 0 radical (unpaired) electrons. The molecule has 0 aromatic heterocycles. The maximum Gasteiger partial charge on any atom is 0.185 e. The Morgan fingerprint density at radius 3 is 2.41 bits per heavy atom. The molecule has 0 amide bonds. The Hall–Kier alpha value is -3.24. The molecule has 0 spiro atoms. The van der Waals surface area contributed by atoms with Crippen molar-refractivity contribution in [2.24, 2.45) is 0 Å². The fraction of sp³-hybridized carbons (Fsp3) is 0.304. The third kappa shape index (κ3) is 3.52. The molecule has 0 unspecified atom stereocenters. The van der Waals surface area contributed by atoms with E-state index in [2.05, 4.69) is 56.1 Å². The van der Waals surface area contributed by atoms with Crippen molar-refractivity contribution in [1.29, 1.82) is 10.5 Å². The van der Waals surface area contributed by atoms with E-state index < -0.39 is 0 Å². The second-order valence-corrected chi connectivity index (χ2v) is 7.28. The third-order valence-electron chi connectivity index (χ3n) is 5.24. The van der Waals surface area contributed by atoms with Gasteiger partial charge in [0.15, 0.2) is 6.19 Å². The van der Waals surface area contributed by atoms with Crippen molar-refractivity contribution in [2.45, 2.75) is 39.0 Å². The number of nitrogens with zero attached hydrogens (tertiary/aromatic N) is 3. The Bertz CT molecular complexity index is 956. The van der Waals surface area contributed by atoms with E-state index in [4.69, 9.17) is 5.26 Å². The van der Waals surface area contributed by atoms with Crippen molar-refractivity contribution in [2.75, 3.05) is 12.4 Å². The van der Waals surface area contributed by atoms with E-state index in [-0.39, 0.29) is 0 Å². The van der Waals surface area contributed by atoms with Crippen molar-refractivity contribution in [3.63, 3.8) is 0 Å². The summed E-state index contributed by atoms with van der Waals surface area (Å²) < 4.78 is 0. The lowest BCUT2D eigenvalue weighted by Crippen LogP contribution is -2.17. The summed E-state index contributed by atoms with van der Waals surface area (Å²) in [7, 11) is 1.64. The standard InChI is InChI=1S/C23H24N4/c1-15(2)17-8-10-18(11-9-17)21-12-23(26-16(3)27(4)14-25)22(13-24)20-7-5-6-19(20)21/h8-12,15,26H,3,5-7H2,1-2,4H3. The minimum absolute atomic E-state index is 0.452. The van der Waals surface area contributed by atoms with Crippen LogP contribution in [0.15, 0.2) is 42.7 Å². The lowest BCUT2D eigenvalue weighted by atomic mass is 9.91. The molecule has 27 heavy (non-hydrogen) atoms. The second-order valence-electron chi connectivity index (χ2n) is 7.28. The highest BCUT2D eigenvalue weighted by atomic mass is 15.2. The Morgan fingerprint density at radius 1 is 1.15 bits per heavy atom. The lowest BCUT2D eigenvalue weighted by Gasteiger charge is -2.19. The van der Waals surface area contributed by atoms with Crippen molar-refractivity contribution in [3.8, 4) is 23.4 Å². The number of rotatable bonds is 5. The van der Waals surface area contributed by atoms with Crippen molar-refractivity contribution in [3.05, 3.63) is 65.0 Å². The molecule has 1 aliphatic rings. The van der Waals surface area contributed by atoms with Gasteiger partial charge >= 0.3 is 0 Å². The summed E-state index contributed by atoms with van der Waals surface area (Å²) in [4.78, 5) is 1.35. The molecule has 1 aliphatic carbocycles. The van der Waals surface area contributed by atoms with Crippen molar-refractivity contribution < 1.29 is 0 Å². The molecular formula is C23H24N4. The van der Waals surface area contributed by atoms with Gasteiger partial charge in [0.2, 0.25) is 0 Å². The molecule has 4 nitrogen and oxygen atoms in total. The van der Waals surface area contributed by atoms with Gasteiger partial charge in [-0.15, -0.1) is 0 Å². The first kappa shape index (κ1) is 18.5. The van der Waals surface area contributed by atoms with Gasteiger partial charge in [0, 0.05) is 7.05 Å². The largest absolute Gasteiger partial charge is 0.341 e. The quantitative estimate of drug-likeness (QED) is 0.595. The van der Waals surface area contributed by atoms with Crippen LogP contribution in [0.2, 0.25) is 0 Å². The maximum absolute atomic E-state index is 9.75. The molecule has 1 N–H and O–H groups in total. The highest BCUT2D eigenvalue weighted by Gasteiger charge is 2.23. The molecule has 0 aliphatic heterocycles. The number of nitriles is 2. The van der Waals surface area contributed by atoms with Crippen molar-refractivity contribution >= 4 is 5.69 Å². The van der Waals surface area contributed by atoms with Crippen molar-refractivity contribution in [1.82, 2.24) is 4.90 Å². The van der Waals surface area contributed by atoms with Gasteiger partial charge in [0.05, 0.1) is 11.3 Å². The molecule has 0 heterocycles. The molecule has 0 saturated heterocycles. The van der Waals surface area contributed by atoms with Gasteiger partial charge in [0.1, 0.15) is 11.9 Å². The number of nitrogens with one attached hydrogen (secondary N) is 1. The monoisotopic (exact) mass is 356 g/mol. The Kier molecular flexibility index (Phi) is 5.19. The van der Waals surface area contributed by atoms with Crippen LogP contribution in [0.25, 0.3) is 11.1 Å². The van der Waals surface area contributed by atoms with Crippen LogP contribution < -0.4 is 5.32 Å². The van der Waals surface area contributed by atoms with Gasteiger partial charge in [0.25, 0.3) is 0 Å². The summed E-state index contributed by atoms with van der Waals surface area (Å²) in [5.41, 5.74) is 7.40. The Labute approximate surface area is 161 Å². The lowest BCUT2D eigenvalue weighted by molar-refractivity contribution is 0.599. The minimum Gasteiger partial charge on any atom is -0.341 e. The molecule has 4 heteroatoms. The molecule has 3 rings (SSSR count). The molecule has 0 saturated carbocycles. The molecule has 136 valence electrons. The number of hydrogen-bond donors (Lipinski definition) is 1. The highest BCUT2D eigenvalue weighted by Crippen LogP contribution is 2.39. The Balaban J connectivity index is 2.11. The fourth-order valence-corrected chi connectivity index (χ4v) is 3.61. The highest BCUT2D eigenvalue weighted by molar-refractivity contribution is 5.79. The number of fused-ring (bicyclic) bond motifs is 1. The first-order valence-electron chi connectivity index (χ1n) is 9.24. The zero-order valence-electron chi connectivity index (χ0n) is 16.1. The smallest absolute Gasteiger partial charge is 0.185 e. The van der Waals surface area contributed by atoms with Crippen LogP contribution in [-0.4, -0.2) is 11.9 Å². The van der Waals surface area contributed by atoms with E-state index in [9.17, 15) is 5.26 Å². The zero-order chi connectivity index (χ0) is 19.6. The summed E-state index contributed by atoms with van der Waals surface area (Å²) in [5, 5.41) is 22.0. The van der Waals surface area contributed by atoms with E-state index in [1.807, 2.05) is 12.3 Å². The molecular weight excluding hydrogens is 332 g/mol. The number of anilines is 1. The van der Waals surface area contributed by atoms with Gasteiger partial charge in [-0.3, -0.25) is 4.90 Å². The van der Waals surface area contributed by atoms with Crippen LogP contribution >= 0.6 is 0 Å². The average molecular weight is 356 g/mol. The zero-order valence-corrected chi connectivity index (χ0v) is 16.1. The van der Waals surface area contributed by atoms with Crippen LogP contribution in [0.3, 0.4) is 0 Å². The van der Waals surface area contributed by atoms with E-state index in [0.29, 0.717) is 23.0 Å². The summed E-state index contributed by atoms with van der Waals surface area (Å²) in [5.74, 6) is 0.945. The van der Waals surface area contributed by atoms with Crippen LogP contribution in [0.5, 0.6) is 0 Å². The molecule has 0 atom stereocenters. The molecule has 2 aromatic rings. The van der Waals surface area contributed by atoms with E-state index in [1.165, 1.54) is 16.0 Å². The predicted octanol–water partition coefficient (Wildman–Crippen LogP) is 5.13. The van der Waals surface area contributed by atoms with Crippen LogP contribution in [0, 0.1) is 22.8 Å². The SMILES string of the molecule is C=C(Nc1cc(-c2ccc(C(C)C)cc2)c2c(c1C#N)CCC2)N(C)C#N. The van der Waals surface area contributed by atoms with Gasteiger partial charge in [-0.1, -0.05) is 44.7 Å². The first-order chi connectivity index (χ1) is 13.0. The third-order valence-corrected chi connectivity index (χ3v) is 5.24. The number of hydrogen-bond acceptors (Lipinski definition) is 4. The minimum atomic E-state index is 0.452. The summed E-state index contributed by atoms with van der Waals surface area (Å²) in [6, 6.07) is 13.1. The van der Waals surface area contributed by atoms with Crippen LogP contribution in [-0.2, 0) is 12.8 Å². The maximum atomic E-state index is 9.75. The molecule has 0 fully saturated rings. The van der Waals surface area contributed by atoms with Gasteiger partial charge < -0.3 is 5.32 Å². The average Bonchev–Trinajstić information content (AvgIpc) is 3.16. The fourth-order valence-electron chi connectivity index (χ4n) is 3.61. The van der Waals surface area contributed by atoms with Gasteiger partial charge in [-0.05, 0) is 59.1 Å². The summed E-state index contributed by atoms with van der Waals surface area (Å²) >= 11 is 0. The van der Waals surface area contributed by atoms with Crippen LogP contribution in [0.1, 0.15) is 48.4 Å². The molecule has 2 aromatic carbocycles. The van der Waals surface area contributed by atoms with E-state index in [0.717, 1.165) is 36.0 Å². The van der Waals surface area contributed by atoms with Gasteiger partial charge in [-0.25, -0.2) is 0 Å². The van der Waals surface area contributed by atoms with E-state index >= 15 is 0 Å². The summed E-state index contributed by atoms with van der Waals surface area (Å²) in [6.45, 7) is 8.28. The van der Waals surface area contributed by atoms with Crippen LogP contribution in [0.4, 0.5) is 5.69 Å². The Morgan fingerprint density at radius 2 is 1.81 bits per heavy atom. The first-order valence-corrected chi connectivity index (χ1v) is 9.24. The van der Waals surface area contributed by atoms with E-state index in [1.54, 1.807) is 7.05 Å². The van der Waals surface area contributed by atoms with Gasteiger partial charge in [-0.2, -0.15) is 10.5 Å². The summed E-state index contributed by atoms with van der Waals surface area (Å²) in [6.07, 6.45) is 4.98. The predicted molar refractivity (Wildman–Crippen MR) is 109 cm³/mol. The number of benzene rings is 2. The topological polar surface area (TPSA) is 62.9 Å². The second kappa shape index (κ2) is 7.56. The normalized spacial score (nSPS) is 12.2. The molecule has 0 bridgehead atoms.